The van der Waals surface area contributed by atoms with Crippen LogP contribution in [0.15, 0.2) is 47.6 Å². The second-order valence-corrected chi connectivity index (χ2v) is 5.20. The lowest BCUT2D eigenvalue weighted by Crippen LogP contribution is -2.20. The van der Waals surface area contributed by atoms with Gasteiger partial charge in [-0.05, 0) is 73.4 Å². The molecule has 0 atom stereocenters. The molecule has 0 spiro atoms. The van der Waals surface area contributed by atoms with E-state index in [2.05, 4.69) is 10.5 Å². The molecule has 114 valence electrons. The SMILES string of the molecule is CCC(=NNC(=O)c1ccc(C)c(C)c1)c1ccc(O)cc1. The van der Waals surface area contributed by atoms with Gasteiger partial charge in [0.05, 0.1) is 5.71 Å². The normalized spacial score (nSPS) is 11.3. The average molecular weight is 296 g/mol. The number of amides is 1. The second-order valence-electron chi connectivity index (χ2n) is 5.20. The highest BCUT2D eigenvalue weighted by Crippen LogP contribution is 2.12. The molecule has 0 fully saturated rings. The van der Waals surface area contributed by atoms with Crippen LogP contribution in [0.25, 0.3) is 0 Å². The van der Waals surface area contributed by atoms with Gasteiger partial charge in [-0.1, -0.05) is 13.0 Å². The number of aromatic hydroxyl groups is 1. The summed E-state index contributed by atoms with van der Waals surface area (Å²) in [4.78, 5) is 12.2. The fourth-order valence-electron chi connectivity index (χ4n) is 2.07. The van der Waals surface area contributed by atoms with Gasteiger partial charge in [-0.25, -0.2) is 5.43 Å². The molecule has 0 aliphatic rings. The van der Waals surface area contributed by atoms with Crippen LogP contribution in [-0.2, 0) is 0 Å². The first-order valence-corrected chi connectivity index (χ1v) is 7.25. The van der Waals surface area contributed by atoms with Crippen LogP contribution in [0.5, 0.6) is 5.75 Å². The summed E-state index contributed by atoms with van der Waals surface area (Å²) in [7, 11) is 0. The monoisotopic (exact) mass is 296 g/mol. The first-order chi connectivity index (χ1) is 10.5. The van der Waals surface area contributed by atoms with E-state index in [9.17, 15) is 9.90 Å². The van der Waals surface area contributed by atoms with Crippen LogP contribution in [0.4, 0.5) is 0 Å². The highest BCUT2D eigenvalue weighted by atomic mass is 16.3. The van der Waals surface area contributed by atoms with E-state index in [1.165, 1.54) is 0 Å². The maximum atomic E-state index is 12.2. The molecule has 4 heteroatoms. The van der Waals surface area contributed by atoms with Crippen LogP contribution in [-0.4, -0.2) is 16.7 Å². The number of hydrogen-bond donors (Lipinski definition) is 2. The first-order valence-electron chi connectivity index (χ1n) is 7.25. The van der Waals surface area contributed by atoms with Gasteiger partial charge in [0, 0.05) is 5.56 Å². The number of carbonyl (C=O) groups excluding carboxylic acids is 1. The molecule has 0 aliphatic carbocycles. The number of carbonyl (C=O) groups is 1. The van der Waals surface area contributed by atoms with Gasteiger partial charge >= 0.3 is 0 Å². The second kappa shape index (κ2) is 6.89. The van der Waals surface area contributed by atoms with Gasteiger partial charge in [0.15, 0.2) is 0 Å². The summed E-state index contributed by atoms with van der Waals surface area (Å²) >= 11 is 0. The zero-order valence-corrected chi connectivity index (χ0v) is 13.1. The Morgan fingerprint density at radius 2 is 1.68 bits per heavy atom. The van der Waals surface area contributed by atoms with Gasteiger partial charge in [-0.2, -0.15) is 5.10 Å². The molecular weight excluding hydrogens is 276 g/mol. The van der Waals surface area contributed by atoms with Crippen LogP contribution in [0.1, 0.15) is 40.4 Å². The van der Waals surface area contributed by atoms with Gasteiger partial charge in [-0.3, -0.25) is 4.79 Å². The molecule has 2 rings (SSSR count). The molecule has 0 aliphatic heterocycles. The third kappa shape index (κ3) is 3.73. The van der Waals surface area contributed by atoms with Crippen molar-refractivity contribution in [1.29, 1.82) is 0 Å². The van der Waals surface area contributed by atoms with Crippen molar-refractivity contribution in [2.24, 2.45) is 5.10 Å². The Bertz CT molecular complexity index is 704. The summed E-state index contributed by atoms with van der Waals surface area (Å²) in [6, 6.07) is 12.3. The molecule has 22 heavy (non-hydrogen) atoms. The predicted molar refractivity (Wildman–Crippen MR) is 88.3 cm³/mol. The van der Waals surface area contributed by atoms with E-state index in [0.29, 0.717) is 12.0 Å². The summed E-state index contributed by atoms with van der Waals surface area (Å²) in [6.45, 7) is 5.95. The molecule has 0 saturated heterocycles. The highest BCUT2D eigenvalue weighted by molar-refractivity contribution is 6.02. The molecule has 4 nitrogen and oxygen atoms in total. The Balaban J connectivity index is 2.15. The van der Waals surface area contributed by atoms with Crippen molar-refractivity contribution in [1.82, 2.24) is 5.43 Å². The third-order valence-corrected chi connectivity index (χ3v) is 3.60. The quantitative estimate of drug-likeness (QED) is 0.669. The van der Waals surface area contributed by atoms with E-state index < -0.39 is 0 Å². The number of phenols is 1. The van der Waals surface area contributed by atoms with E-state index in [0.717, 1.165) is 22.4 Å². The molecule has 2 aromatic carbocycles. The van der Waals surface area contributed by atoms with Gasteiger partial charge in [0.2, 0.25) is 0 Å². The molecule has 0 bridgehead atoms. The minimum atomic E-state index is -0.229. The van der Waals surface area contributed by atoms with Crippen molar-refractivity contribution >= 4 is 11.6 Å². The van der Waals surface area contributed by atoms with Crippen LogP contribution in [0.2, 0.25) is 0 Å². The number of hydrogen-bond acceptors (Lipinski definition) is 3. The van der Waals surface area contributed by atoms with Crippen LogP contribution < -0.4 is 5.43 Å². The summed E-state index contributed by atoms with van der Waals surface area (Å²) < 4.78 is 0. The smallest absolute Gasteiger partial charge is 0.271 e. The van der Waals surface area contributed by atoms with Crippen LogP contribution in [0, 0.1) is 13.8 Å². The number of benzene rings is 2. The standard InChI is InChI=1S/C18H20N2O2/c1-4-17(14-7-9-16(21)10-8-14)19-20-18(22)15-6-5-12(2)13(3)11-15/h5-11,21H,4H2,1-3H3,(H,20,22). The van der Waals surface area contributed by atoms with E-state index in [-0.39, 0.29) is 11.7 Å². The largest absolute Gasteiger partial charge is 0.508 e. The topological polar surface area (TPSA) is 61.7 Å². The number of rotatable bonds is 4. The zero-order chi connectivity index (χ0) is 16.1. The lowest BCUT2D eigenvalue weighted by Gasteiger charge is -2.07. The average Bonchev–Trinajstić information content (AvgIpc) is 2.52. The van der Waals surface area contributed by atoms with Crippen LogP contribution in [0.3, 0.4) is 0 Å². The van der Waals surface area contributed by atoms with Gasteiger partial charge < -0.3 is 5.11 Å². The molecular formula is C18H20N2O2. The maximum Gasteiger partial charge on any atom is 0.271 e. The summed E-state index contributed by atoms with van der Waals surface area (Å²) in [5, 5.41) is 13.5. The fraction of sp³-hybridized carbons (Fsp3) is 0.222. The minimum Gasteiger partial charge on any atom is -0.508 e. The summed E-state index contributed by atoms with van der Waals surface area (Å²) in [5.74, 6) is -0.0220. The highest BCUT2D eigenvalue weighted by Gasteiger charge is 2.07. The Hall–Kier alpha value is -2.62. The fourth-order valence-corrected chi connectivity index (χ4v) is 2.07. The number of nitrogens with one attached hydrogen (secondary N) is 1. The number of hydrazone groups is 1. The van der Waals surface area contributed by atoms with Crippen molar-refractivity contribution in [2.45, 2.75) is 27.2 Å². The molecule has 0 saturated carbocycles. The van der Waals surface area contributed by atoms with E-state index in [1.54, 1.807) is 30.3 Å². The lowest BCUT2D eigenvalue weighted by molar-refractivity contribution is 0.0954. The van der Waals surface area contributed by atoms with Gasteiger partial charge in [-0.15, -0.1) is 0 Å². The number of aryl methyl sites for hydroxylation is 2. The Kier molecular flexibility index (Phi) is 4.94. The Morgan fingerprint density at radius 1 is 1.05 bits per heavy atom. The minimum absolute atomic E-state index is 0.207. The number of phenolic OH excluding ortho intramolecular Hbond substituents is 1. The van der Waals surface area contributed by atoms with Crippen LogP contribution >= 0.6 is 0 Å². The van der Waals surface area contributed by atoms with Crippen molar-refractivity contribution in [3.63, 3.8) is 0 Å². The van der Waals surface area contributed by atoms with Gasteiger partial charge in [0.25, 0.3) is 5.91 Å². The Morgan fingerprint density at radius 3 is 2.27 bits per heavy atom. The summed E-state index contributed by atoms with van der Waals surface area (Å²) in [5.41, 5.74) is 7.05. The van der Waals surface area contributed by atoms with E-state index in [4.69, 9.17) is 0 Å². The molecule has 2 aromatic rings. The van der Waals surface area contributed by atoms with Gasteiger partial charge in [0.1, 0.15) is 5.75 Å². The van der Waals surface area contributed by atoms with E-state index >= 15 is 0 Å². The Labute approximate surface area is 130 Å². The number of nitrogens with zero attached hydrogens (tertiary/aromatic N) is 1. The molecule has 2 N–H and O–H groups in total. The zero-order valence-electron chi connectivity index (χ0n) is 13.1. The molecule has 0 unspecified atom stereocenters. The maximum absolute atomic E-state index is 12.2. The van der Waals surface area contributed by atoms with Crippen molar-refractivity contribution in [2.75, 3.05) is 0 Å². The molecule has 0 heterocycles. The third-order valence-electron chi connectivity index (χ3n) is 3.60. The van der Waals surface area contributed by atoms with Crippen molar-refractivity contribution < 1.29 is 9.90 Å². The van der Waals surface area contributed by atoms with E-state index in [1.807, 2.05) is 32.9 Å². The summed E-state index contributed by atoms with van der Waals surface area (Å²) in [6.07, 6.45) is 0.679. The van der Waals surface area contributed by atoms with Crippen molar-refractivity contribution in [3.8, 4) is 5.75 Å². The first kappa shape index (κ1) is 15.8. The predicted octanol–water partition coefficient (Wildman–Crippen LogP) is 3.55. The lowest BCUT2D eigenvalue weighted by atomic mass is 10.1. The molecule has 1 amide bonds. The molecule has 0 aromatic heterocycles. The molecule has 0 radical (unpaired) electrons. The van der Waals surface area contributed by atoms with Crippen molar-refractivity contribution in [3.05, 3.63) is 64.7 Å².